The van der Waals surface area contributed by atoms with Crippen LogP contribution >= 0.6 is 0 Å². The van der Waals surface area contributed by atoms with Crippen LogP contribution in [-0.4, -0.2) is 17.4 Å². The van der Waals surface area contributed by atoms with E-state index in [2.05, 4.69) is 19.0 Å². The Morgan fingerprint density at radius 3 is 2.46 bits per heavy atom. The lowest BCUT2D eigenvalue weighted by Gasteiger charge is -2.07. The molecule has 1 heterocycles. The molecule has 0 unspecified atom stereocenters. The van der Waals surface area contributed by atoms with Gasteiger partial charge in [0.05, 0.1) is 11.4 Å². The fourth-order valence-corrected chi connectivity index (χ4v) is 2.77. The summed E-state index contributed by atoms with van der Waals surface area (Å²) >= 11 is 0. The molecule has 0 saturated heterocycles. The lowest BCUT2D eigenvalue weighted by molar-refractivity contribution is 0.393. The Morgan fingerprint density at radius 2 is 1.75 bits per heavy atom. The summed E-state index contributed by atoms with van der Waals surface area (Å²) in [6.45, 7) is 5.13. The Hall–Kier alpha value is -2.10. The van der Waals surface area contributed by atoms with Gasteiger partial charge in [-0.2, -0.15) is 0 Å². The molecule has 4 heteroatoms. The summed E-state index contributed by atoms with van der Waals surface area (Å²) in [4.78, 5) is 17.1. The molecule has 0 spiro atoms. The number of aromatic nitrogens is 1. The van der Waals surface area contributed by atoms with Crippen molar-refractivity contribution in [3.05, 3.63) is 46.3 Å². The molecule has 0 amide bonds. The molecule has 0 aliphatic heterocycles. The van der Waals surface area contributed by atoms with Gasteiger partial charge in [-0.25, -0.2) is 9.95 Å². The lowest BCUT2D eigenvalue weighted by atomic mass is 10.0. The number of nitrogens with one attached hydrogen (secondary N) is 1. The Balaban J connectivity index is 2.31. The van der Waals surface area contributed by atoms with Crippen LogP contribution in [0.25, 0.3) is 11.3 Å². The summed E-state index contributed by atoms with van der Waals surface area (Å²) in [6, 6.07) is 9.83. The SMILES string of the molecule is CCCCCN=C(CCCCC)c1c(-c2ccccc2)[nH]oc1=O. The van der Waals surface area contributed by atoms with E-state index in [4.69, 9.17) is 9.52 Å². The molecule has 1 N–H and O–H groups in total. The van der Waals surface area contributed by atoms with Gasteiger partial charge in [0.15, 0.2) is 0 Å². The van der Waals surface area contributed by atoms with Crippen LogP contribution in [0, 0.1) is 0 Å². The molecule has 0 bridgehead atoms. The molecule has 2 aromatic rings. The molecular formula is C20H28N2O2. The molecule has 0 saturated carbocycles. The van der Waals surface area contributed by atoms with Crippen molar-refractivity contribution in [2.24, 2.45) is 4.99 Å². The van der Waals surface area contributed by atoms with Crippen molar-refractivity contribution < 1.29 is 4.52 Å². The zero-order valence-electron chi connectivity index (χ0n) is 14.8. The fourth-order valence-electron chi connectivity index (χ4n) is 2.77. The number of benzene rings is 1. The second-order valence-corrected chi connectivity index (χ2v) is 6.10. The third-order valence-electron chi connectivity index (χ3n) is 4.13. The van der Waals surface area contributed by atoms with E-state index in [1.54, 1.807) is 0 Å². The van der Waals surface area contributed by atoms with E-state index in [1.807, 2.05) is 30.3 Å². The Morgan fingerprint density at radius 1 is 1.04 bits per heavy atom. The number of hydrogen-bond acceptors (Lipinski definition) is 3. The highest BCUT2D eigenvalue weighted by molar-refractivity contribution is 6.04. The molecule has 1 aromatic heterocycles. The van der Waals surface area contributed by atoms with Gasteiger partial charge >= 0.3 is 5.63 Å². The molecule has 130 valence electrons. The summed E-state index contributed by atoms with van der Waals surface area (Å²) in [5, 5.41) is 2.79. The maximum atomic E-state index is 12.3. The van der Waals surface area contributed by atoms with E-state index in [1.165, 1.54) is 12.8 Å². The van der Waals surface area contributed by atoms with Gasteiger partial charge in [-0.15, -0.1) is 0 Å². The smallest absolute Gasteiger partial charge is 0.338 e. The summed E-state index contributed by atoms with van der Waals surface area (Å²) < 4.78 is 5.10. The maximum absolute atomic E-state index is 12.3. The predicted octanol–water partition coefficient (Wildman–Crippen LogP) is 5.19. The van der Waals surface area contributed by atoms with Gasteiger partial charge < -0.3 is 4.52 Å². The molecule has 2 rings (SSSR count). The highest BCUT2D eigenvalue weighted by Crippen LogP contribution is 2.21. The quantitative estimate of drug-likeness (QED) is 0.481. The second kappa shape index (κ2) is 9.91. The third-order valence-corrected chi connectivity index (χ3v) is 4.13. The van der Waals surface area contributed by atoms with Crippen molar-refractivity contribution in [2.45, 2.75) is 58.8 Å². The van der Waals surface area contributed by atoms with Crippen molar-refractivity contribution in [1.82, 2.24) is 5.16 Å². The van der Waals surface area contributed by atoms with E-state index in [0.29, 0.717) is 5.56 Å². The van der Waals surface area contributed by atoms with Crippen LogP contribution in [0.3, 0.4) is 0 Å². The topological polar surface area (TPSA) is 58.4 Å². The van der Waals surface area contributed by atoms with E-state index in [9.17, 15) is 4.79 Å². The van der Waals surface area contributed by atoms with Gasteiger partial charge in [0, 0.05) is 12.1 Å². The van der Waals surface area contributed by atoms with Crippen LogP contribution in [-0.2, 0) is 0 Å². The zero-order chi connectivity index (χ0) is 17.2. The number of hydrogen-bond donors (Lipinski definition) is 1. The van der Waals surface area contributed by atoms with Gasteiger partial charge in [0.25, 0.3) is 0 Å². The molecule has 0 radical (unpaired) electrons. The number of aromatic amines is 1. The largest absolute Gasteiger partial charge is 0.366 e. The van der Waals surface area contributed by atoms with Crippen LogP contribution in [0.15, 0.2) is 44.6 Å². The van der Waals surface area contributed by atoms with Gasteiger partial charge in [0.2, 0.25) is 0 Å². The van der Waals surface area contributed by atoms with Crippen LogP contribution in [0.2, 0.25) is 0 Å². The van der Waals surface area contributed by atoms with Gasteiger partial charge in [0.1, 0.15) is 5.56 Å². The minimum Gasteiger partial charge on any atom is -0.338 e. The van der Waals surface area contributed by atoms with Crippen LogP contribution in [0.4, 0.5) is 0 Å². The van der Waals surface area contributed by atoms with Crippen molar-refractivity contribution >= 4 is 5.71 Å². The molecule has 1 aromatic carbocycles. The van der Waals surface area contributed by atoms with E-state index in [0.717, 1.165) is 55.6 Å². The molecule has 24 heavy (non-hydrogen) atoms. The molecule has 0 fully saturated rings. The second-order valence-electron chi connectivity index (χ2n) is 6.10. The normalized spacial score (nSPS) is 11.8. The number of H-pyrrole nitrogens is 1. The standard InChI is InChI=1S/C20H28N2O2/c1-3-5-8-14-17(21-15-11-6-4-2)18-19(22-24-20(18)23)16-12-9-7-10-13-16/h7,9-10,12-13,22H,3-6,8,11,14-15H2,1-2H3. The number of unbranched alkanes of at least 4 members (excludes halogenated alkanes) is 4. The van der Waals surface area contributed by atoms with E-state index >= 15 is 0 Å². The van der Waals surface area contributed by atoms with Crippen molar-refractivity contribution in [1.29, 1.82) is 0 Å². The first kappa shape index (κ1) is 18.2. The van der Waals surface area contributed by atoms with Crippen molar-refractivity contribution in [2.75, 3.05) is 6.54 Å². The lowest BCUT2D eigenvalue weighted by Crippen LogP contribution is -2.13. The van der Waals surface area contributed by atoms with E-state index < -0.39 is 0 Å². The van der Waals surface area contributed by atoms with Gasteiger partial charge in [-0.05, 0) is 19.3 Å². The van der Waals surface area contributed by atoms with Crippen molar-refractivity contribution in [3.8, 4) is 11.3 Å². The van der Waals surface area contributed by atoms with Crippen molar-refractivity contribution in [3.63, 3.8) is 0 Å². The van der Waals surface area contributed by atoms with Crippen LogP contribution < -0.4 is 5.63 Å². The molecule has 4 nitrogen and oxygen atoms in total. The first-order valence-electron chi connectivity index (χ1n) is 9.08. The number of aliphatic imine (C=N–C) groups is 1. The number of rotatable bonds is 10. The minimum absolute atomic E-state index is 0.320. The molecular weight excluding hydrogens is 300 g/mol. The summed E-state index contributed by atoms with van der Waals surface area (Å²) in [5.41, 5.74) is 2.86. The summed E-state index contributed by atoms with van der Waals surface area (Å²) in [7, 11) is 0. The van der Waals surface area contributed by atoms with Crippen LogP contribution in [0.5, 0.6) is 0 Å². The van der Waals surface area contributed by atoms with Gasteiger partial charge in [-0.3, -0.25) is 4.99 Å². The average molecular weight is 328 g/mol. The molecule has 0 aliphatic rings. The van der Waals surface area contributed by atoms with Crippen LogP contribution in [0.1, 0.15) is 64.4 Å². The maximum Gasteiger partial charge on any atom is 0.366 e. The summed E-state index contributed by atoms with van der Waals surface area (Å²) in [6.07, 6.45) is 7.55. The zero-order valence-corrected chi connectivity index (χ0v) is 14.8. The average Bonchev–Trinajstić information content (AvgIpc) is 2.99. The molecule has 0 aliphatic carbocycles. The Labute approximate surface area is 144 Å². The third kappa shape index (κ3) is 4.95. The van der Waals surface area contributed by atoms with Gasteiger partial charge in [-0.1, -0.05) is 69.9 Å². The number of nitrogens with zero attached hydrogens (tertiary/aromatic N) is 1. The monoisotopic (exact) mass is 328 g/mol. The predicted molar refractivity (Wildman–Crippen MR) is 99.8 cm³/mol. The molecule has 0 atom stereocenters. The fraction of sp³-hybridized carbons (Fsp3) is 0.500. The Bertz CT molecular complexity index is 683. The highest BCUT2D eigenvalue weighted by Gasteiger charge is 2.19. The summed E-state index contributed by atoms with van der Waals surface area (Å²) in [5.74, 6) is 0. The first-order valence-corrected chi connectivity index (χ1v) is 9.08. The minimum atomic E-state index is -0.320. The highest BCUT2D eigenvalue weighted by atomic mass is 16.5. The first-order chi connectivity index (χ1) is 11.8. The van der Waals surface area contributed by atoms with E-state index in [-0.39, 0.29) is 5.63 Å². The Kier molecular flexibility index (Phi) is 7.53.